The predicted molar refractivity (Wildman–Crippen MR) is 128 cm³/mol. The normalized spacial score (nSPS) is 16.8. The van der Waals surface area contributed by atoms with Crippen LogP contribution < -0.4 is 0 Å². The Morgan fingerprint density at radius 3 is 2.64 bits per heavy atom. The van der Waals surface area contributed by atoms with Crippen molar-refractivity contribution in [3.05, 3.63) is 66.2 Å². The highest BCUT2D eigenvalue weighted by Crippen LogP contribution is 2.30. The number of aromatic amines is 1. The van der Waals surface area contributed by atoms with Gasteiger partial charge in [-0.2, -0.15) is 8.99 Å². The number of piperazine rings is 1. The highest BCUT2D eigenvalue weighted by molar-refractivity contribution is 7.89. The van der Waals surface area contributed by atoms with Crippen LogP contribution in [0.5, 0.6) is 0 Å². The molecule has 0 radical (unpaired) electrons. The SMILES string of the molecule is COC(=O)c1cn(-c2nccc3c(S(=O)(=O)N4CCN(C(=O)c5ccccc5)CC4C)c[nH]c23)nn1. The molecule has 1 atom stereocenters. The average Bonchev–Trinajstić information content (AvgIpc) is 3.56. The summed E-state index contributed by atoms with van der Waals surface area (Å²) in [6, 6.07) is 10.1. The fourth-order valence-electron chi connectivity index (χ4n) is 4.34. The number of pyridine rings is 1. The Morgan fingerprint density at radius 2 is 1.92 bits per heavy atom. The molecule has 12 nitrogen and oxygen atoms in total. The molecule has 13 heteroatoms. The summed E-state index contributed by atoms with van der Waals surface area (Å²) in [7, 11) is -2.67. The third-order valence-electron chi connectivity index (χ3n) is 6.11. The maximum atomic E-state index is 13.7. The van der Waals surface area contributed by atoms with E-state index in [1.165, 1.54) is 34.7 Å². The number of carbonyl (C=O) groups is 2. The van der Waals surface area contributed by atoms with Crippen molar-refractivity contribution >= 4 is 32.8 Å². The minimum atomic E-state index is -3.90. The number of hydrogen-bond acceptors (Lipinski definition) is 8. The van der Waals surface area contributed by atoms with Gasteiger partial charge in [-0.25, -0.2) is 18.2 Å². The minimum Gasteiger partial charge on any atom is -0.464 e. The number of fused-ring (bicyclic) bond motifs is 1. The van der Waals surface area contributed by atoms with E-state index < -0.39 is 22.0 Å². The lowest BCUT2D eigenvalue weighted by Gasteiger charge is -2.38. The lowest BCUT2D eigenvalue weighted by molar-refractivity contribution is 0.0593. The molecule has 3 aromatic heterocycles. The molecule has 1 unspecified atom stereocenters. The molecule has 0 spiro atoms. The Kier molecular flexibility index (Phi) is 6.02. The first-order chi connectivity index (χ1) is 17.3. The van der Waals surface area contributed by atoms with Gasteiger partial charge >= 0.3 is 5.97 Å². The van der Waals surface area contributed by atoms with E-state index in [4.69, 9.17) is 0 Å². The molecule has 186 valence electrons. The van der Waals surface area contributed by atoms with Crippen LogP contribution in [0, 0.1) is 0 Å². The second kappa shape index (κ2) is 9.17. The van der Waals surface area contributed by atoms with Crippen LogP contribution in [-0.2, 0) is 14.8 Å². The molecule has 1 amide bonds. The van der Waals surface area contributed by atoms with Crippen molar-refractivity contribution in [1.82, 2.24) is 34.2 Å². The molecule has 0 saturated carbocycles. The maximum absolute atomic E-state index is 13.7. The topological polar surface area (TPSA) is 143 Å². The van der Waals surface area contributed by atoms with E-state index in [0.29, 0.717) is 16.5 Å². The van der Waals surface area contributed by atoms with Gasteiger partial charge in [0.05, 0.1) is 18.8 Å². The Labute approximate surface area is 206 Å². The van der Waals surface area contributed by atoms with E-state index >= 15 is 0 Å². The molecule has 1 aliphatic rings. The first-order valence-electron chi connectivity index (χ1n) is 11.1. The third-order valence-corrected chi connectivity index (χ3v) is 8.16. The van der Waals surface area contributed by atoms with Crippen molar-refractivity contribution in [2.24, 2.45) is 0 Å². The fraction of sp³-hybridized carbons (Fsp3) is 0.261. The zero-order valence-corrected chi connectivity index (χ0v) is 20.3. The quantitative estimate of drug-likeness (QED) is 0.398. The van der Waals surface area contributed by atoms with Crippen LogP contribution in [0.3, 0.4) is 0 Å². The maximum Gasteiger partial charge on any atom is 0.360 e. The lowest BCUT2D eigenvalue weighted by atomic mass is 10.1. The van der Waals surface area contributed by atoms with Crippen molar-refractivity contribution < 1.29 is 22.7 Å². The van der Waals surface area contributed by atoms with E-state index in [-0.39, 0.29) is 41.9 Å². The van der Waals surface area contributed by atoms with Crippen LogP contribution in [0.15, 0.2) is 59.9 Å². The molecule has 0 aliphatic carbocycles. The molecular weight excluding hydrogens is 486 g/mol. The van der Waals surface area contributed by atoms with E-state index in [0.717, 1.165) is 0 Å². The number of benzene rings is 1. The third kappa shape index (κ3) is 4.01. The van der Waals surface area contributed by atoms with Crippen LogP contribution in [0.25, 0.3) is 16.7 Å². The van der Waals surface area contributed by atoms with Crippen molar-refractivity contribution in [1.29, 1.82) is 0 Å². The first kappa shape index (κ1) is 23.6. The van der Waals surface area contributed by atoms with Gasteiger partial charge in [-0.1, -0.05) is 23.4 Å². The Morgan fingerprint density at radius 1 is 1.14 bits per heavy atom. The second-order valence-corrected chi connectivity index (χ2v) is 10.2. The van der Waals surface area contributed by atoms with Crippen molar-refractivity contribution in [2.45, 2.75) is 17.9 Å². The standard InChI is InChI=1S/C23H23N7O5S/c1-15-13-28(22(31)16-6-4-3-5-7-16)10-11-30(15)36(33,34)19-12-25-20-17(19)8-9-24-21(20)29-14-18(26-27-29)23(32)35-2/h3-9,12,14-15,25H,10-11,13H2,1-2H3. The van der Waals surface area contributed by atoms with Gasteiger partial charge in [-0.3, -0.25) is 4.79 Å². The number of amides is 1. The van der Waals surface area contributed by atoms with Gasteiger partial charge in [0.2, 0.25) is 10.0 Å². The van der Waals surface area contributed by atoms with Gasteiger partial charge in [0.1, 0.15) is 4.90 Å². The van der Waals surface area contributed by atoms with Crippen LogP contribution in [0.2, 0.25) is 0 Å². The zero-order valence-electron chi connectivity index (χ0n) is 19.5. The number of H-pyrrole nitrogens is 1. The number of rotatable bonds is 5. The van der Waals surface area contributed by atoms with Crippen LogP contribution in [-0.4, -0.2) is 87.2 Å². The molecule has 4 aromatic rings. The van der Waals surface area contributed by atoms with E-state index in [2.05, 4.69) is 25.0 Å². The van der Waals surface area contributed by atoms with Crippen LogP contribution in [0.1, 0.15) is 27.8 Å². The number of ether oxygens (including phenoxy) is 1. The molecule has 4 heterocycles. The number of methoxy groups -OCH3 is 1. The molecule has 0 bridgehead atoms. The summed E-state index contributed by atoms with van der Waals surface area (Å²) in [5.74, 6) is -0.494. The Hall–Kier alpha value is -4.10. The van der Waals surface area contributed by atoms with Crippen molar-refractivity contribution in [2.75, 3.05) is 26.7 Å². The Bertz CT molecular complexity index is 1550. The molecular formula is C23H23N7O5S. The van der Waals surface area contributed by atoms with Gasteiger partial charge in [-0.05, 0) is 25.1 Å². The number of esters is 1. The fourth-order valence-corrected chi connectivity index (χ4v) is 6.11. The van der Waals surface area contributed by atoms with E-state index in [1.807, 2.05) is 6.07 Å². The van der Waals surface area contributed by atoms with Crippen molar-refractivity contribution in [3.8, 4) is 5.82 Å². The van der Waals surface area contributed by atoms with Gasteiger partial charge in [-0.15, -0.1) is 5.10 Å². The second-order valence-electron chi connectivity index (χ2n) is 8.33. The smallest absolute Gasteiger partial charge is 0.360 e. The number of nitrogens with zero attached hydrogens (tertiary/aromatic N) is 6. The molecule has 1 saturated heterocycles. The molecule has 1 aromatic carbocycles. The van der Waals surface area contributed by atoms with Crippen molar-refractivity contribution in [3.63, 3.8) is 0 Å². The Balaban J connectivity index is 1.42. The van der Waals surface area contributed by atoms with E-state index in [9.17, 15) is 18.0 Å². The zero-order chi connectivity index (χ0) is 25.4. The number of sulfonamides is 1. The molecule has 1 N–H and O–H groups in total. The number of hydrogen-bond donors (Lipinski definition) is 1. The monoisotopic (exact) mass is 509 g/mol. The van der Waals surface area contributed by atoms with Crippen LogP contribution >= 0.6 is 0 Å². The summed E-state index contributed by atoms with van der Waals surface area (Å²) in [5, 5.41) is 8.11. The van der Waals surface area contributed by atoms with Gasteiger partial charge in [0.25, 0.3) is 5.91 Å². The minimum absolute atomic E-state index is 0.00699. The summed E-state index contributed by atoms with van der Waals surface area (Å²) < 4.78 is 34.7. The summed E-state index contributed by atoms with van der Waals surface area (Å²) >= 11 is 0. The molecule has 5 rings (SSSR count). The van der Waals surface area contributed by atoms with Gasteiger partial charge < -0.3 is 14.6 Å². The predicted octanol–water partition coefficient (Wildman–Crippen LogP) is 1.47. The summed E-state index contributed by atoms with van der Waals surface area (Å²) in [4.78, 5) is 33.6. The van der Waals surface area contributed by atoms with E-state index in [1.54, 1.807) is 42.2 Å². The first-order valence-corrected chi connectivity index (χ1v) is 12.6. The van der Waals surface area contributed by atoms with Gasteiger partial charge in [0.15, 0.2) is 11.5 Å². The summed E-state index contributed by atoms with van der Waals surface area (Å²) in [5.41, 5.74) is 0.983. The summed E-state index contributed by atoms with van der Waals surface area (Å²) in [6.45, 7) is 2.50. The highest BCUT2D eigenvalue weighted by Gasteiger charge is 2.37. The molecule has 36 heavy (non-hydrogen) atoms. The summed E-state index contributed by atoms with van der Waals surface area (Å²) in [6.07, 6.45) is 4.23. The van der Waals surface area contributed by atoms with Gasteiger partial charge in [0, 0.05) is 49.0 Å². The highest BCUT2D eigenvalue weighted by atomic mass is 32.2. The van der Waals surface area contributed by atoms with Crippen LogP contribution in [0.4, 0.5) is 0 Å². The molecule has 1 fully saturated rings. The lowest BCUT2D eigenvalue weighted by Crippen LogP contribution is -2.55. The molecule has 1 aliphatic heterocycles. The largest absolute Gasteiger partial charge is 0.464 e. The average molecular weight is 510 g/mol. The number of nitrogens with one attached hydrogen (secondary N) is 1. The number of carbonyl (C=O) groups excluding carboxylic acids is 2. The number of aromatic nitrogens is 5.